The quantitative estimate of drug-likeness (QED) is 0.625. The maximum absolute atomic E-state index is 5.97. The van der Waals surface area contributed by atoms with Gasteiger partial charge in [0.1, 0.15) is 5.52 Å². The van der Waals surface area contributed by atoms with E-state index < -0.39 is 0 Å². The molecular weight excluding hydrogens is 398 g/mol. The molecule has 0 aliphatic heterocycles. The first kappa shape index (κ1) is 13.0. The number of fused-ring (bicyclic) bond motifs is 1. The Hall–Kier alpha value is -1.05. The lowest BCUT2D eigenvalue weighted by Gasteiger charge is -2.08. The Labute approximate surface area is 132 Å². The van der Waals surface area contributed by atoms with E-state index in [0.29, 0.717) is 27.2 Å². The van der Waals surface area contributed by atoms with Crippen molar-refractivity contribution in [2.45, 2.75) is 0 Å². The normalized spacial score (nSPS) is 11.1. The van der Waals surface area contributed by atoms with Gasteiger partial charge in [-0.2, -0.15) is 0 Å². The Bertz CT molecular complexity index is 785. The van der Waals surface area contributed by atoms with E-state index >= 15 is 0 Å². The molecule has 3 rings (SSSR count). The van der Waals surface area contributed by atoms with Crippen LogP contribution in [0.1, 0.15) is 0 Å². The number of anilines is 1. The zero-order valence-electron chi connectivity index (χ0n) is 9.44. The van der Waals surface area contributed by atoms with E-state index in [-0.39, 0.29) is 0 Å². The van der Waals surface area contributed by atoms with E-state index in [0.717, 1.165) is 9.26 Å². The predicted octanol–water partition coefficient (Wildman–Crippen LogP) is 3.91. The molecule has 2 heterocycles. The number of rotatable bonds is 1. The minimum absolute atomic E-state index is 0.366. The first-order chi connectivity index (χ1) is 9.06. The predicted molar refractivity (Wildman–Crippen MR) is 86.0 cm³/mol. The van der Waals surface area contributed by atoms with Crippen molar-refractivity contribution in [3.63, 3.8) is 0 Å². The Morgan fingerprint density at radius 3 is 2.68 bits per heavy atom. The summed E-state index contributed by atoms with van der Waals surface area (Å²) >= 11 is 14.1. The van der Waals surface area contributed by atoms with Crippen LogP contribution in [0.2, 0.25) is 10.0 Å². The fraction of sp³-hybridized carbons (Fsp3) is 0. The molecule has 96 valence electrons. The van der Waals surface area contributed by atoms with Crippen LogP contribution in [0, 0.1) is 3.57 Å². The van der Waals surface area contributed by atoms with E-state index in [4.69, 9.17) is 28.9 Å². The average molecular weight is 405 g/mol. The van der Waals surface area contributed by atoms with Crippen molar-refractivity contribution < 1.29 is 0 Å². The second-order valence-corrected chi connectivity index (χ2v) is 5.93. The molecule has 0 spiro atoms. The first-order valence-electron chi connectivity index (χ1n) is 5.31. The van der Waals surface area contributed by atoms with Crippen LogP contribution in [0.25, 0.3) is 16.9 Å². The molecule has 19 heavy (non-hydrogen) atoms. The SMILES string of the molecule is Nc1nc2cc(Cl)cnc2n1-c1ccc(Cl)cc1I. The highest BCUT2D eigenvalue weighted by atomic mass is 127. The zero-order chi connectivity index (χ0) is 13.6. The maximum Gasteiger partial charge on any atom is 0.207 e. The van der Waals surface area contributed by atoms with Gasteiger partial charge in [-0.05, 0) is 46.9 Å². The summed E-state index contributed by atoms with van der Waals surface area (Å²) in [6, 6.07) is 7.29. The van der Waals surface area contributed by atoms with Crippen molar-refractivity contribution in [2.24, 2.45) is 0 Å². The van der Waals surface area contributed by atoms with Crippen LogP contribution in [0.3, 0.4) is 0 Å². The topological polar surface area (TPSA) is 56.7 Å². The summed E-state index contributed by atoms with van der Waals surface area (Å²) in [5, 5.41) is 1.20. The lowest BCUT2D eigenvalue weighted by atomic mass is 10.3. The first-order valence-corrected chi connectivity index (χ1v) is 7.14. The third-order valence-electron chi connectivity index (χ3n) is 2.64. The van der Waals surface area contributed by atoms with Crippen LogP contribution in [0.4, 0.5) is 5.95 Å². The second-order valence-electron chi connectivity index (χ2n) is 3.90. The number of hydrogen-bond acceptors (Lipinski definition) is 3. The lowest BCUT2D eigenvalue weighted by Crippen LogP contribution is -2.03. The summed E-state index contributed by atoms with van der Waals surface area (Å²) in [4.78, 5) is 8.56. The average Bonchev–Trinajstić information content (AvgIpc) is 2.65. The van der Waals surface area contributed by atoms with Gasteiger partial charge in [0.15, 0.2) is 5.65 Å². The third kappa shape index (κ3) is 2.26. The van der Waals surface area contributed by atoms with Crippen molar-refractivity contribution in [2.75, 3.05) is 5.73 Å². The number of nitrogens with two attached hydrogens (primary N) is 1. The van der Waals surface area contributed by atoms with Gasteiger partial charge < -0.3 is 5.73 Å². The summed E-state index contributed by atoms with van der Waals surface area (Å²) < 4.78 is 2.75. The molecule has 0 bridgehead atoms. The van der Waals surface area contributed by atoms with E-state index in [1.807, 2.05) is 12.1 Å². The van der Waals surface area contributed by atoms with Crippen molar-refractivity contribution in [3.8, 4) is 5.69 Å². The Kier molecular flexibility index (Phi) is 3.28. The summed E-state index contributed by atoms with van der Waals surface area (Å²) in [6.07, 6.45) is 1.57. The molecule has 1 aromatic carbocycles. The fourth-order valence-electron chi connectivity index (χ4n) is 1.86. The van der Waals surface area contributed by atoms with Crippen LogP contribution < -0.4 is 5.73 Å². The van der Waals surface area contributed by atoms with Crippen molar-refractivity contribution in [1.82, 2.24) is 14.5 Å². The van der Waals surface area contributed by atoms with Crippen LogP contribution in [-0.4, -0.2) is 14.5 Å². The van der Waals surface area contributed by atoms with Gasteiger partial charge in [0.05, 0.1) is 10.7 Å². The molecule has 0 saturated carbocycles. The minimum atomic E-state index is 0.366. The van der Waals surface area contributed by atoms with Crippen molar-refractivity contribution in [1.29, 1.82) is 0 Å². The van der Waals surface area contributed by atoms with Gasteiger partial charge >= 0.3 is 0 Å². The highest BCUT2D eigenvalue weighted by Gasteiger charge is 2.14. The third-order valence-corrected chi connectivity index (χ3v) is 3.95. The molecule has 0 fully saturated rings. The molecule has 0 radical (unpaired) electrons. The van der Waals surface area contributed by atoms with E-state index in [9.17, 15) is 0 Å². The van der Waals surface area contributed by atoms with Crippen LogP contribution in [0.5, 0.6) is 0 Å². The highest BCUT2D eigenvalue weighted by molar-refractivity contribution is 14.1. The number of nitrogen functional groups attached to an aromatic ring is 1. The van der Waals surface area contributed by atoms with E-state index in [1.54, 1.807) is 22.9 Å². The largest absolute Gasteiger partial charge is 0.369 e. The fourth-order valence-corrected chi connectivity index (χ4v) is 3.12. The zero-order valence-corrected chi connectivity index (χ0v) is 13.1. The van der Waals surface area contributed by atoms with Crippen molar-refractivity contribution in [3.05, 3.63) is 44.1 Å². The summed E-state index contributed by atoms with van der Waals surface area (Å²) in [5.74, 6) is 0.366. The minimum Gasteiger partial charge on any atom is -0.369 e. The van der Waals surface area contributed by atoms with Gasteiger partial charge in [0.25, 0.3) is 0 Å². The molecule has 4 nitrogen and oxygen atoms in total. The van der Waals surface area contributed by atoms with Crippen LogP contribution >= 0.6 is 45.8 Å². The van der Waals surface area contributed by atoms with E-state index in [2.05, 4.69) is 32.6 Å². The van der Waals surface area contributed by atoms with E-state index in [1.165, 1.54) is 0 Å². The summed E-state index contributed by atoms with van der Waals surface area (Å²) in [7, 11) is 0. The highest BCUT2D eigenvalue weighted by Crippen LogP contribution is 2.28. The standard InChI is InChI=1S/C12H7Cl2IN4/c13-6-1-2-10(8(15)3-6)19-11-9(18-12(19)16)4-7(14)5-17-11/h1-5H,(H2,16,18). The Morgan fingerprint density at radius 2 is 1.95 bits per heavy atom. The van der Waals surface area contributed by atoms with Gasteiger partial charge in [0.2, 0.25) is 5.95 Å². The molecule has 3 aromatic rings. The molecule has 0 unspecified atom stereocenters. The van der Waals surface area contributed by atoms with Gasteiger partial charge in [-0.1, -0.05) is 23.2 Å². The van der Waals surface area contributed by atoms with Gasteiger partial charge in [0, 0.05) is 14.8 Å². The summed E-state index contributed by atoms with van der Waals surface area (Å²) in [6.45, 7) is 0. The molecule has 0 aliphatic carbocycles. The van der Waals surface area contributed by atoms with Gasteiger partial charge in [-0.3, -0.25) is 4.57 Å². The number of benzene rings is 1. The van der Waals surface area contributed by atoms with Gasteiger partial charge in [-0.15, -0.1) is 0 Å². The number of halogens is 3. The van der Waals surface area contributed by atoms with Crippen molar-refractivity contribution >= 4 is 62.9 Å². The van der Waals surface area contributed by atoms with Gasteiger partial charge in [-0.25, -0.2) is 9.97 Å². The number of aromatic nitrogens is 3. The molecule has 2 N–H and O–H groups in total. The Morgan fingerprint density at radius 1 is 1.16 bits per heavy atom. The second kappa shape index (κ2) is 4.81. The number of nitrogens with zero attached hydrogens (tertiary/aromatic N) is 3. The molecule has 7 heteroatoms. The molecule has 0 atom stereocenters. The number of imidazole rings is 1. The molecule has 0 amide bonds. The number of hydrogen-bond donors (Lipinski definition) is 1. The lowest BCUT2D eigenvalue weighted by molar-refractivity contribution is 1.08. The molecular formula is C12H7Cl2IN4. The van der Waals surface area contributed by atoms with Crippen LogP contribution in [0.15, 0.2) is 30.5 Å². The molecule has 2 aromatic heterocycles. The Balaban J connectivity index is 2.33. The number of pyridine rings is 1. The van der Waals surface area contributed by atoms with Crippen LogP contribution in [-0.2, 0) is 0 Å². The monoisotopic (exact) mass is 404 g/mol. The smallest absolute Gasteiger partial charge is 0.207 e. The summed E-state index contributed by atoms with van der Waals surface area (Å²) in [5.41, 5.74) is 8.19. The maximum atomic E-state index is 5.97. The molecule has 0 saturated heterocycles. The molecule has 0 aliphatic rings.